The SMILES string of the molecule is COc1ccc(C(=O)N2CCC(c3nc(C(=O)NNC(=O)c4n[nH]c5ccccc45)cs3)CC2)c(OC)c1OC. The zero-order chi connectivity index (χ0) is 28.2. The highest BCUT2D eigenvalue weighted by Crippen LogP contribution is 2.41. The topological polar surface area (TPSA) is 148 Å². The fourth-order valence-corrected chi connectivity index (χ4v) is 5.69. The first-order valence-corrected chi connectivity index (χ1v) is 13.4. The van der Waals surface area contributed by atoms with Crippen LogP contribution in [0.1, 0.15) is 55.1 Å². The number of amides is 3. The molecule has 13 heteroatoms. The third-order valence-corrected chi connectivity index (χ3v) is 7.80. The summed E-state index contributed by atoms with van der Waals surface area (Å²) in [7, 11) is 4.51. The predicted octanol–water partition coefficient (Wildman–Crippen LogP) is 3.14. The van der Waals surface area contributed by atoms with E-state index in [1.807, 2.05) is 12.1 Å². The van der Waals surface area contributed by atoms with Crippen molar-refractivity contribution in [2.75, 3.05) is 34.4 Å². The fourth-order valence-electron chi connectivity index (χ4n) is 4.72. The number of thiazole rings is 1. The van der Waals surface area contributed by atoms with Crippen LogP contribution in [0.4, 0.5) is 0 Å². The van der Waals surface area contributed by atoms with Crippen molar-refractivity contribution >= 4 is 40.0 Å². The van der Waals surface area contributed by atoms with E-state index in [-0.39, 0.29) is 23.2 Å². The molecule has 3 amide bonds. The number of ether oxygens (including phenoxy) is 3. The van der Waals surface area contributed by atoms with Gasteiger partial charge in [0.2, 0.25) is 5.75 Å². The molecule has 40 heavy (non-hydrogen) atoms. The number of carbonyl (C=O) groups excluding carboxylic acids is 3. The summed E-state index contributed by atoms with van der Waals surface area (Å²) < 4.78 is 16.2. The summed E-state index contributed by atoms with van der Waals surface area (Å²) in [4.78, 5) is 44.8. The molecule has 1 saturated heterocycles. The van der Waals surface area contributed by atoms with Gasteiger partial charge < -0.3 is 19.1 Å². The standard InChI is InChI=1S/C27H28N6O6S/c1-37-20-9-8-17(22(38-2)23(20)39-3)27(36)33-12-10-15(11-13-33)26-28-19(14-40-26)24(34)31-32-25(35)21-16-6-4-5-7-18(16)29-30-21/h4-9,14-15H,10-13H2,1-3H3,(H,29,30)(H,31,34)(H,32,35). The van der Waals surface area contributed by atoms with E-state index in [9.17, 15) is 14.4 Å². The largest absolute Gasteiger partial charge is 0.493 e. The van der Waals surface area contributed by atoms with Crippen molar-refractivity contribution in [2.45, 2.75) is 18.8 Å². The zero-order valence-corrected chi connectivity index (χ0v) is 23.0. The molecule has 1 fully saturated rings. The first kappa shape index (κ1) is 26.9. The summed E-state index contributed by atoms with van der Waals surface area (Å²) in [6, 6.07) is 10.6. The molecule has 208 valence electrons. The third-order valence-electron chi connectivity index (χ3n) is 6.80. The molecule has 2 aromatic heterocycles. The second kappa shape index (κ2) is 11.6. The molecule has 0 saturated carbocycles. The van der Waals surface area contributed by atoms with Crippen molar-refractivity contribution in [3.05, 3.63) is 63.7 Å². The number of piperidine rings is 1. The van der Waals surface area contributed by atoms with Gasteiger partial charge in [-0.05, 0) is 31.0 Å². The van der Waals surface area contributed by atoms with Crippen molar-refractivity contribution in [1.29, 1.82) is 0 Å². The van der Waals surface area contributed by atoms with Gasteiger partial charge in [-0.1, -0.05) is 18.2 Å². The van der Waals surface area contributed by atoms with Crippen LogP contribution < -0.4 is 25.1 Å². The number of carbonyl (C=O) groups is 3. The van der Waals surface area contributed by atoms with Gasteiger partial charge in [-0.3, -0.25) is 30.3 Å². The molecule has 2 aromatic carbocycles. The average molecular weight is 565 g/mol. The number of benzene rings is 2. The van der Waals surface area contributed by atoms with E-state index in [4.69, 9.17) is 14.2 Å². The summed E-state index contributed by atoms with van der Waals surface area (Å²) in [5, 5.41) is 9.94. The van der Waals surface area contributed by atoms with Crippen LogP contribution in [0.25, 0.3) is 10.9 Å². The summed E-state index contributed by atoms with van der Waals surface area (Å²) in [6.07, 6.45) is 1.39. The Morgan fingerprint density at radius 3 is 2.40 bits per heavy atom. The molecule has 0 unspecified atom stereocenters. The lowest BCUT2D eigenvalue weighted by Crippen LogP contribution is -2.42. The van der Waals surface area contributed by atoms with Gasteiger partial charge in [-0.15, -0.1) is 11.3 Å². The molecular weight excluding hydrogens is 536 g/mol. The smallest absolute Gasteiger partial charge is 0.290 e. The summed E-state index contributed by atoms with van der Waals surface area (Å²) in [5.74, 6) is 0.0646. The van der Waals surface area contributed by atoms with Gasteiger partial charge in [0.15, 0.2) is 17.2 Å². The van der Waals surface area contributed by atoms with Crippen molar-refractivity contribution in [1.82, 2.24) is 30.9 Å². The van der Waals surface area contributed by atoms with E-state index < -0.39 is 11.8 Å². The van der Waals surface area contributed by atoms with E-state index in [2.05, 4.69) is 26.0 Å². The first-order valence-electron chi connectivity index (χ1n) is 12.5. The van der Waals surface area contributed by atoms with Gasteiger partial charge in [0.05, 0.1) is 37.4 Å². The number of likely N-dealkylation sites (tertiary alicyclic amines) is 1. The normalized spacial score (nSPS) is 13.6. The van der Waals surface area contributed by atoms with E-state index >= 15 is 0 Å². The highest BCUT2D eigenvalue weighted by Gasteiger charge is 2.30. The number of hydrogen-bond acceptors (Lipinski definition) is 9. The summed E-state index contributed by atoms with van der Waals surface area (Å²) in [5.41, 5.74) is 6.31. The van der Waals surface area contributed by atoms with Crippen molar-refractivity contribution in [2.24, 2.45) is 0 Å². The van der Waals surface area contributed by atoms with Crippen molar-refractivity contribution < 1.29 is 28.6 Å². The van der Waals surface area contributed by atoms with Gasteiger partial charge in [0.25, 0.3) is 17.7 Å². The average Bonchev–Trinajstić information content (AvgIpc) is 3.67. The minimum atomic E-state index is -0.538. The Labute approximate surface area is 233 Å². The fraction of sp³-hybridized carbons (Fsp3) is 0.296. The number of para-hydroxylation sites is 1. The van der Waals surface area contributed by atoms with Gasteiger partial charge in [-0.25, -0.2) is 4.98 Å². The number of nitrogens with one attached hydrogen (secondary N) is 3. The Hall–Kier alpha value is -4.65. The lowest BCUT2D eigenvalue weighted by molar-refractivity contribution is 0.0708. The van der Waals surface area contributed by atoms with Crippen LogP contribution in [-0.4, -0.2) is 72.2 Å². The number of aromatic nitrogens is 3. The van der Waals surface area contributed by atoms with Crippen LogP contribution in [0.3, 0.4) is 0 Å². The molecule has 5 rings (SSSR count). The number of hydrogen-bond donors (Lipinski definition) is 3. The van der Waals surface area contributed by atoms with Gasteiger partial charge in [0.1, 0.15) is 5.69 Å². The molecule has 0 bridgehead atoms. The molecule has 1 aliphatic rings. The number of H-pyrrole nitrogens is 1. The van der Waals surface area contributed by atoms with Gasteiger partial charge >= 0.3 is 0 Å². The number of rotatable bonds is 7. The highest BCUT2D eigenvalue weighted by atomic mass is 32.1. The Bertz CT molecular complexity index is 1560. The highest BCUT2D eigenvalue weighted by molar-refractivity contribution is 7.09. The van der Waals surface area contributed by atoms with Crippen LogP contribution in [-0.2, 0) is 0 Å². The second-order valence-corrected chi connectivity index (χ2v) is 9.94. The molecule has 1 aliphatic heterocycles. The quantitative estimate of drug-likeness (QED) is 0.290. The first-order chi connectivity index (χ1) is 19.4. The lowest BCUT2D eigenvalue weighted by Gasteiger charge is -2.31. The lowest BCUT2D eigenvalue weighted by atomic mass is 9.97. The number of nitrogens with zero attached hydrogens (tertiary/aromatic N) is 3. The maximum absolute atomic E-state index is 13.3. The Morgan fingerprint density at radius 1 is 0.950 bits per heavy atom. The Morgan fingerprint density at radius 2 is 1.68 bits per heavy atom. The van der Waals surface area contributed by atoms with E-state index in [0.29, 0.717) is 54.1 Å². The molecule has 0 spiro atoms. The monoisotopic (exact) mass is 564 g/mol. The molecule has 0 radical (unpaired) electrons. The van der Waals surface area contributed by atoms with Gasteiger partial charge in [-0.2, -0.15) is 5.10 Å². The number of fused-ring (bicyclic) bond motifs is 1. The molecule has 0 atom stereocenters. The number of hydrazine groups is 1. The predicted molar refractivity (Wildman–Crippen MR) is 147 cm³/mol. The van der Waals surface area contributed by atoms with E-state index in [1.54, 1.807) is 34.5 Å². The zero-order valence-electron chi connectivity index (χ0n) is 22.1. The molecule has 12 nitrogen and oxygen atoms in total. The van der Waals surface area contributed by atoms with Crippen LogP contribution in [0.15, 0.2) is 41.8 Å². The van der Waals surface area contributed by atoms with Crippen LogP contribution in [0, 0.1) is 0 Å². The number of aromatic amines is 1. The molecule has 3 N–H and O–H groups in total. The summed E-state index contributed by atoms with van der Waals surface area (Å²) >= 11 is 1.38. The molecular formula is C27H28N6O6S. The van der Waals surface area contributed by atoms with Crippen LogP contribution in [0.5, 0.6) is 17.2 Å². The maximum atomic E-state index is 13.3. The van der Waals surface area contributed by atoms with E-state index in [1.165, 1.54) is 32.7 Å². The molecule has 4 aromatic rings. The van der Waals surface area contributed by atoms with E-state index in [0.717, 1.165) is 10.5 Å². The van der Waals surface area contributed by atoms with Crippen molar-refractivity contribution in [3.8, 4) is 17.2 Å². The van der Waals surface area contributed by atoms with Gasteiger partial charge in [0, 0.05) is 29.8 Å². The Kier molecular flexibility index (Phi) is 7.82. The van der Waals surface area contributed by atoms with Crippen LogP contribution >= 0.6 is 11.3 Å². The number of methoxy groups -OCH3 is 3. The minimum absolute atomic E-state index is 0.105. The maximum Gasteiger partial charge on any atom is 0.290 e. The second-order valence-electron chi connectivity index (χ2n) is 9.05. The van der Waals surface area contributed by atoms with Crippen molar-refractivity contribution in [3.63, 3.8) is 0 Å². The molecule has 3 heterocycles. The summed E-state index contributed by atoms with van der Waals surface area (Å²) in [6.45, 7) is 1.05. The van der Waals surface area contributed by atoms with Crippen LogP contribution in [0.2, 0.25) is 0 Å². The third kappa shape index (κ3) is 5.15. The molecule has 0 aliphatic carbocycles. The Balaban J connectivity index is 1.18. The minimum Gasteiger partial charge on any atom is -0.493 e.